The molecule has 0 unspecified atom stereocenters. The van der Waals surface area contributed by atoms with Gasteiger partial charge >= 0.3 is 0 Å². The molecule has 0 aliphatic carbocycles. The monoisotopic (exact) mass is 401 g/mol. The second kappa shape index (κ2) is 9.56. The maximum Gasteiger partial charge on any atom is 0.276 e. The van der Waals surface area contributed by atoms with Crippen molar-refractivity contribution in [1.29, 1.82) is 0 Å². The lowest BCUT2D eigenvalue weighted by Gasteiger charge is -2.26. The Labute approximate surface area is 170 Å². The van der Waals surface area contributed by atoms with Gasteiger partial charge in [-0.15, -0.1) is 0 Å². The Hall–Kier alpha value is -2.87. The van der Waals surface area contributed by atoms with E-state index in [-0.39, 0.29) is 23.9 Å². The summed E-state index contributed by atoms with van der Waals surface area (Å²) in [6.45, 7) is 8.13. The number of morpholine rings is 1. The minimum Gasteiger partial charge on any atom is -0.494 e. The van der Waals surface area contributed by atoms with Gasteiger partial charge in [0.2, 0.25) is 11.8 Å². The smallest absolute Gasteiger partial charge is 0.276 e. The summed E-state index contributed by atoms with van der Waals surface area (Å²) in [7, 11) is 0. The zero-order valence-electron chi connectivity index (χ0n) is 17.1. The van der Waals surface area contributed by atoms with Gasteiger partial charge in [-0.2, -0.15) is 0 Å². The molecule has 29 heavy (non-hydrogen) atoms. The molecular formula is C21H27N3O5. The Kier molecular flexibility index (Phi) is 6.87. The van der Waals surface area contributed by atoms with Crippen LogP contribution in [-0.2, 0) is 16.0 Å². The van der Waals surface area contributed by atoms with E-state index in [0.29, 0.717) is 44.6 Å². The quantitative estimate of drug-likeness (QED) is 0.765. The van der Waals surface area contributed by atoms with Gasteiger partial charge in [0.05, 0.1) is 26.2 Å². The summed E-state index contributed by atoms with van der Waals surface area (Å²) in [5.41, 5.74) is 1.17. The molecule has 2 heterocycles. The first-order chi connectivity index (χ1) is 14.0. The zero-order valence-corrected chi connectivity index (χ0v) is 17.1. The van der Waals surface area contributed by atoms with Gasteiger partial charge in [0.1, 0.15) is 17.6 Å². The van der Waals surface area contributed by atoms with Crippen molar-refractivity contribution in [3.05, 3.63) is 47.2 Å². The fraction of sp³-hybridized carbons (Fsp3) is 0.476. The van der Waals surface area contributed by atoms with Crippen LogP contribution in [-0.4, -0.2) is 54.6 Å². The summed E-state index contributed by atoms with van der Waals surface area (Å²) in [5.74, 6) is 1.22. The molecule has 1 aliphatic rings. The molecule has 0 spiro atoms. The molecule has 8 nitrogen and oxygen atoms in total. The van der Waals surface area contributed by atoms with Gasteiger partial charge in [-0.25, -0.2) is 4.98 Å². The first-order valence-corrected chi connectivity index (χ1v) is 9.83. The molecule has 1 aromatic carbocycles. The van der Waals surface area contributed by atoms with Gasteiger partial charge in [0.15, 0.2) is 5.69 Å². The number of ether oxygens (including phenoxy) is 2. The number of carbonyl (C=O) groups excluding carboxylic acids is 2. The van der Waals surface area contributed by atoms with Crippen LogP contribution >= 0.6 is 0 Å². The molecule has 0 saturated carbocycles. The largest absolute Gasteiger partial charge is 0.494 e. The fourth-order valence-electron chi connectivity index (χ4n) is 3.13. The molecule has 1 aliphatic heterocycles. The first-order valence-electron chi connectivity index (χ1n) is 9.83. The Morgan fingerprint density at radius 1 is 1.24 bits per heavy atom. The molecule has 1 aromatic heterocycles. The third-order valence-electron chi connectivity index (χ3n) is 4.66. The van der Waals surface area contributed by atoms with Crippen molar-refractivity contribution in [2.24, 2.45) is 0 Å². The maximum atomic E-state index is 12.6. The van der Waals surface area contributed by atoms with Crippen LogP contribution in [0.25, 0.3) is 0 Å². The van der Waals surface area contributed by atoms with E-state index in [2.05, 4.69) is 10.3 Å². The minimum absolute atomic E-state index is 0.154. The normalized spacial score (nSPS) is 15.1. The predicted octanol–water partition coefficient (Wildman–Crippen LogP) is 2.27. The van der Waals surface area contributed by atoms with E-state index in [0.717, 1.165) is 11.3 Å². The number of nitrogens with zero attached hydrogens (tertiary/aromatic N) is 2. The van der Waals surface area contributed by atoms with Gasteiger partial charge in [-0.3, -0.25) is 9.59 Å². The summed E-state index contributed by atoms with van der Waals surface area (Å²) < 4.78 is 16.3. The second-order valence-corrected chi connectivity index (χ2v) is 6.90. The van der Waals surface area contributed by atoms with Crippen molar-refractivity contribution < 1.29 is 23.5 Å². The van der Waals surface area contributed by atoms with Crippen LogP contribution in [0.15, 0.2) is 28.7 Å². The highest BCUT2D eigenvalue weighted by Crippen LogP contribution is 2.19. The average Bonchev–Trinajstić information content (AvgIpc) is 3.11. The molecule has 156 valence electrons. The molecule has 1 N–H and O–H groups in total. The minimum atomic E-state index is -0.449. The number of rotatable bonds is 7. The van der Waals surface area contributed by atoms with Crippen molar-refractivity contribution in [2.75, 3.05) is 32.9 Å². The summed E-state index contributed by atoms with van der Waals surface area (Å²) >= 11 is 0. The Morgan fingerprint density at radius 3 is 2.59 bits per heavy atom. The van der Waals surface area contributed by atoms with Crippen LogP contribution in [0, 0.1) is 6.92 Å². The zero-order chi connectivity index (χ0) is 20.8. The lowest BCUT2D eigenvalue weighted by atomic mass is 10.1. The highest BCUT2D eigenvalue weighted by molar-refractivity contribution is 5.93. The van der Waals surface area contributed by atoms with E-state index in [4.69, 9.17) is 13.9 Å². The molecule has 8 heteroatoms. The van der Waals surface area contributed by atoms with E-state index in [1.54, 1.807) is 18.7 Å². The van der Waals surface area contributed by atoms with Crippen molar-refractivity contribution in [3.8, 4) is 5.75 Å². The van der Waals surface area contributed by atoms with E-state index < -0.39 is 6.04 Å². The number of aromatic nitrogens is 1. The lowest BCUT2D eigenvalue weighted by Crippen LogP contribution is -2.41. The van der Waals surface area contributed by atoms with Crippen molar-refractivity contribution >= 4 is 11.8 Å². The predicted molar refractivity (Wildman–Crippen MR) is 106 cm³/mol. The Bertz CT molecular complexity index is 841. The third-order valence-corrected chi connectivity index (χ3v) is 4.66. The molecule has 0 bridgehead atoms. The number of hydrogen-bond acceptors (Lipinski definition) is 6. The summed E-state index contributed by atoms with van der Waals surface area (Å²) in [5, 5.41) is 2.87. The maximum absolute atomic E-state index is 12.6. The summed E-state index contributed by atoms with van der Waals surface area (Å²) in [4.78, 5) is 31.1. The fourth-order valence-corrected chi connectivity index (χ4v) is 3.13. The van der Waals surface area contributed by atoms with Gasteiger partial charge < -0.3 is 24.1 Å². The van der Waals surface area contributed by atoms with Crippen molar-refractivity contribution in [2.45, 2.75) is 33.2 Å². The standard InChI is InChI=1S/C21H27N3O5/c1-4-28-17-7-5-16(6-8-17)13-18(25)22-14(2)20-23-19(15(3)29-20)21(26)24-9-11-27-12-10-24/h5-8,14H,4,9-13H2,1-3H3,(H,22,25)/t14-/m0/s1. The second-order valence-electron chi connectivity index (χ2n) is 6.90. The van der Waals surface area contributed by atoms with Crippen LogP contribution in [0.4, 0.5) is 0 Å². The van der Waals surface area contributed by atoms with Crippen molar-refractivity contribution in [3.63, 3.8) is 0 Å². The molecule has 1 atom stereocenters. The number of benzene rings is 1. The average molecular weight is 401 g/mol. The van der Waals surface area contributed by atoms with Crippen LogP contribution < -0.4 is 10.1 Å². The van der Waals surface area contributed by atoms with Crippen LogP contribution in [0.5, 0.6) is 5.75 Å². The van der Waals surface area contributed by atoms with Gasteiger partial charge in [-0.05, 0) is 38.5 Å². The number of oxazole rings is 1. The molecular weight excluding hydrogens is 374 g/mol. The Morgan fingerprint density at radius 2 is 1.93 bits per heavy atom. The van der Waals surface area contributed by atoms with Gasteiger partial charge in [0.25, 0.3) is 5.91 Å². The molecule has 2 aromatic rings. The molecule has 2 amide bonds. The molecule has 1 fully saturated rings. The number of carbonyl (C=O) groups is 2. The first kappa shape index (κ1) is 20.9. The number of hydrogen-bond donors (Lipinski definition) is 1. The van der Waals surface area contributed by atoms with Crippen molar-refractivity contribution in [1.82, 2.24) is 15.2 Å². The van der Waals surface area contributed by atoms with Gasteiger partial charge in [0, 0.05) is 13.1 Å². The molecule has 0 radical (unpaired) electrons. The highest BCUT2D eigenvalue weighted by Gasteiger charge is 2.26. The topological polar surface area (TPSA) is 93.9 Å². The van der Waals surface area contributed by atoms with Gasteiger partial charge in [-0.1, -0.05) is 12.1 Å². The van der Waals surface area contributed by atoms with Crippen LogP contribution in [0.2, 0.25) is 0 Å². The summed E-state index contributed by atoms with van der Waals surface area (Å²) in [6.07, 6.45) is 0.232. The molecule has 3 rings (SSSR count). The number of amides is 2. The SMILES string of the molecule is CCOc1ccc(CC(=O)N[C@@H](C)c2nc(C(=O)N3CCOCC3)c(C)o2)cc1. The number of aryl methyl sites for hydroxylation is 1. The van der Waals surface area contributed by atoms with E-state index in [1.807, 2.05) is 31.2 Å². The Balaban J connectivity index is 1.59. The van der Waals surface area contributed by atoms with E-state index >= 15 is 0 Å². The van der Waals surface area contributed by atoms with Crippen LogP contribution in [0.3, 0.4) is 0 Å². The number of nitrogens with one attached hydrogen (secondary N) is 1. The van der Waals surface area contributed by atoms with E-state index in [1.165, 1.54) is 0 Å². The van der Waals surface area contributed by atoms with Crippen LogP contribution in [0.1, 0.15) is 47.6 Å². The van der Waals surface area contributed by atoms with E-state index in [9.17, 15) is 9.59 Å². The lowest BCUT2D eigenvalue weighted by molar-refractivity contribution is -0.121. The third kappa shape index (κ3) is 5.35. The molecule has 1 saturated heterocycles. The summed E-state index contributed by atoms with van der Waals surface area (Å²) in [6, 6.07) is 6.97. The highest BCUT2D eigenvalue weighted by atomic mass is 16.5.